The number of hydrogen-bond acceptors (Lipinski definition) is 5. The third-order valence-corrected chi connectivity index (χ3v) is 4.31. The van der Waals surface area contributed by atoms with Gasteiger partial charge in [-0.1, -0.05) is 37.3 Å². The average molecular weight is 319 g/mol. The molecule has 1 aromatic heterocycles. The summed E-state index contributed by atoms with van der Waals surface area (Å²) >= 11 is 1.54. The summed E-state index contributed by atoms with van der Waals surface area (Å²) in [6.07, 6.45) is 0. The van der Waals surface area contributed by atoms with Crippen molar-refractivity contribution in [1.29, 1.82) is 0 Å². The standard InChI is InChI=1S/C16H21N3O2S/c1-5-17-15(20)12-8-6-7-11(4)14(12)21-9-13-18-19-16(22-13)10(2)3/h6-8,10H,5,9H2,1-4H3,(H,17,20). The number of carbonyl (C=O) groups excluding carboxylic acids is 1. The van der Waals surface area contributed by atoms with Gasteiger partial charge >= 0.3 is 0 Å². The van der Waals surface area contributed by atoms with Gasteiger partial charge < -0.3 is 10.1 Å². The molecule has 0 saturated heterocycles. The van der Waals surface area contributed by atoms with Crippen molar-refractivity contribution < 1.29 is 9.53 Å². The maximum Gasteiger partial charge on any atom is 0.255 e. The molecule has 0 aliphatic rings. The molecule has 0 aliphatic carbocycles. The summed E-state index contributed by atoms with van der Waals surface area (Å²) in [5.74, 6) is 0.840. The predicted octanol–water partition coefficient (Wildman–Crippen LogP) is 3.30. The third-order valence-electron chi connectivity index (χ3n) is 3.11. The number of carbonyl (C=O) groups is 1. The van der Waals surface area contributed by atoms with Gasteiger partial charge in [0.05, 0.1) is 5.56 Å². The van der Waals surface area contributed by atoms with Gasteiger partial charge in [-0.3, -0.25) is 4.79 Å². The highest BCUT2D eigenvalue weighted by Gasteiger charge is 2.15. The molecule has 0 spiro atoms. The van der Waals surface area contributed by atoms with Crippen molar-refractivity contribution in [2.45, 2.75) is 40.2 Å². The van der Waals surface area contributed by atoms with Crippen LogP contribution in [-0.2, 0) is 6.61 Å². The van der Waals surface area contributed by atoms with Gasteiger partial charge in [0.15, 0.2) is 5.01 Å². The van der Waals surface area contributed by atoms with Crippen LogP contribution in [0.5, 0.6) is 5.75 Å². The largest absolute Gasteiger partial charge is 0.485 e. The number of benzene rings is 1. The summed E-state index contributed by atoms with van der Waals surface area (Å²) in [5.41, 5.74) is 1.48. The van der Waals surface area contributed by atoms with E-state index in [-0.39, 0.29) is 5.91 Å². The van der Waals surface area contributed by atoms with Crippen LogP contribution in [0.4, 0.5) is 0 Å². The molecular weight excluding hydrogens is 298 g/mol. The highest BCUT2D eigenvalue weighted by Crippen LogP contribution is 2.26. The maximum atomic E-state index is 12.1. The van der Waals surface area contributed by atoms with Gasteiger partial charge in [-0.05, 0) is 25.5 Å². The molecule has 2 rings (SSSR count). The second-order valence-corrected chi connectivity index (χ2v) is 6.38. The van der Waals surface area contributed by atoms with Gasteiger partial charge in [-0.2, -0.15) is 0 Å². The van der Waals surface area contributed by atoms with Crippen molar-refractivity contribution in [3.63, 3.8) is 0 Å². The number of amides is 1. The molecule has 1 heterocycles. The first-order chi connectivity index (χ1) is 10.5. The SMILES string of the molecule is CCNC(=O)c1cccc(C)c1OCc1nnc(C(C)C)s1. The zero-order chi connectivity index (χ0) is 16.1. The molecule has 0 atom stereocenters. The number of nitrogens with one attached hydrogen (secondary N) is 1. The lowest BCUT2D eigenvalue weighted by Gasteiger charge is -2.12. The van der Waals surface area contributed by atoms with E-state index < -0.39 is 0 Å². The molecule has 1 amide bonds. The molecule has 5 nitrogen and oxygen atoms in total. The molecule has 118 valence electrons. The summed E-state index contributed by atoms with van der Waals surface area (Å²) < 4.78 is 5.86. The fourth-order valence-electron chi connectivity index (χ4n) is 1.97. The smallest absolute Gasteiger partial charge is 0.255 e. The van der Waals surface area contributed by atoms with Gasteiger partial charge in [0.25, 0.3) is 5.91 Å². The van der Waals surface area contributed by atoms with Crippen LogP contribution in [0.15, 0.2) is 18.2 Å². The van der Waals surface area contributed by atoms with Crippen LogP contribution in [-0.4, -0.2) is 22.6 Å². The molecule has 6 heteroatoms. The zero-order valence-corrected chi connectivity index (χ0v) is 14.2. The van der Waals surface area contributed by atoms with E-state index in [4.69, 9.17) is 4.74 Å². The molecule has 2 aromatic rings. The van der Waals surface area contributed by atoms with Crippen molar-refractivity contribution in [3.05, 3.63) is 39.3 Å². The molecule has 0 aliphatic heterocycles. The van der Waals surface area contributed by atoms with Gasteiger partial charge in [0.1, 0.15) is 17.4 Å². The van der Waals surface area contributed by atoms with Crippen LogP contribution >= 0.6 is 11.3 Å². The van der Waals surface area contributed by atoms with Crippen molar-refractivity contribution in [2.75, 3.05) is 6.54 Å². The van der Waals surface area contributed by atoms with Crippen LogP contribution < -0.4 is 10.1 Å². The first-order valence-electron chi connectivity index (χ1n) is 7.35. The van der Waals surface area contributed by atoms with Crippen molar-refractivity contribution in [3.8, 4) is 5.75 Å². The van der Waals surface area contributed by atoms with Crippen molar-refractivity contribution >= 4 is 17.2 Å². The quantitative estimate of drug-likeness (QED) is 0.887. The Morgan fingerprint density at radius 2 is 2.14 bits per heavy atom. The topological polar surface area (TPSA) is 64.1 Å². The number of aryl methyl sites for hydroxylation is 1. The van der Waals surface area contributed by atoms with E-state index in [0.717, 1.165) is 15.6 Å². The summed E-state index contributed by atoms with van der Waals surface area (Å²) in [7, 11) is 0. The van der Waals surface area contributed by atoms with Crippen LogP contribution in [0.1, 0.15) is 52.6 Å². The summed E-state index contributed by atoms with van der Waals surface area (Å²) in [6, 6.07) is 5.55. The second kappa shape index (κ2) is 7.35. The first kappa shape index (κ1) is 16.4. The second-order valence-electron chi connectivity index (χ2n) is 5.29. The zero-order valence-electron chi connectivity index (χ0n) is 13.3. The van der Waals surface area contributed by atoms with E-state index in [9.17, 15) is 4.79 Å². The molecule has 0 unspecified atom stereocenters. The molecule has 1 N–H and O–H groups in total. The first-order valence-corrected chi connectivity index (χ1v) is 8.17. The highest BCUT2D eigenvalue weighted by molar-refractivity contribution is 7.11. The van der Waals surface area contributed by atoms with E-state index in [2.05, 4.69) is 29.4 Å². The minimum Gasteiger partial charge on any atom is -0.485 e. The summed E-state index contributed by atoms with van der Waals surface area (Å²) in [6.45, 7) is 8.89. The Bertz CT molecular complexity index is 653. The van der Waals surface area contributed by atoms with E-state index in [1.165, 1.54) is 0 Å². The van der Waals surface area contributed by atoms with Crippen LogP contribution in [0, 0.1) is 6.92 Å². The summed E-state index contributed by atoms with van der Waals surface area (Å²) in [4.78, 5) is 12.1. The Morgan fingerprint density at radius 1 is 1.36 bits per heavy atom. The maximum absolute atomic E-state index is 12.1. The molecule has 0 saturated carbocycles. The Morgan fingerprint density at radius 3 is 2.77 bits per heavy atom. The number of rotatable bonds is 6. The van der Waals surface area contributed by atoms with Crippen molar-refractivity contribution in [2.24, 2.45) is 0 Å². The van der Waals surface area contributed by atoms with Crippen LogP contribution in [0.3, 0.4) is 0 Å². The lowest BCUT2D eigenvalue weighted by atomic mass is 10.1. The molecule has 0 fully saturated rings. The number of nitrogens with zero attached hydrogens (tertiary/aromatic N) is 2. The van der Waals surface area contributed by atoms with Gasteiger partial charge in [-0.15, -0.1) is 10.2 Å². The minimum atomic E-state index is -0.124. The van der Waals surface area contributed by atoms with Gasteiger partial charge in [-0.25, -0.2) is 0 Å². The number of hydrogen-bond donors (Lipinski definition) is 1. The molecule has 22 heavy (non-hydrogen) atoms. The molecule has 0 bridgehead atoms. The van der Waals surface area contributed by atoms with E-state index in [0.29, 0.717) is 30.4 Å². The molecular formula is C16H21N3O2S. The van der Waals surface area contributed by atoms with E-state index in [1.807, 2.05) is 26.0 Å². The Kier molecular flexibility index (Phi) is 5.49. The minimum absolute atomic E-state index is 0.124. The number of ether oxygens (including phenoxy) is 1. The van der Waals surface area contributed by atoms with Crippen LogP contribution in [0.2, 0.25) is 0 Å². The van der Waals surface area contributed by atoms with Gasteiger partial charge in [0.2, 0.25) is 0 Å². The normalized spacial score (nSPS) is 10.8. The Hall–Kier alpha value is -1.95. The van der Waals surface area contributed by atoms with Crippen molar-refractivity contribution in [1.82, 2.24) is 15.5 Å². The Balaban J connectivity index is 2.16. The number of aromatic nitrogens is 2. The fraction of sp³-hybridized carbons (Fsp3) is 0.438. The third kappa shape index (κ3) is 3.82. The lowest BCUT2D eigenvalue weighted by molar-refractivity contribution is 0.0951. The molecule has 1 aromatic carbocycles. The average Bonchev–Trinajstić information content (AvgIpc) is 2.95. The number of para-hydroxylation sites is 1. The Labute approximate surface area is 134 Å². The predicted molar refractivity (Wildman–Crippen MR) is 87.5 cm³/mol. The molecule has 0 radical (unpaired) electrons. The monoisotopic (exact) mass is 319 g/mol. The van der Waals surface area contributed by atoms with Gasteiger partial charge in [0, 0.05) is 12.5 Å². The fourth-order valence-corrected chi connectivity index (χ4v) is 2.73. The lowest BCUT2D eigenvalue weighted by Crippen LogP contribution is -2.23. The highest BCUT2D eigenvalue weighted by atomic mass is 32.1. The van der Waals surface area contributed by atoms with Crippen LogP contribution in [0.25, 0.3) is 0 Å². The van der Waals surface area contributed by atoms with E-state index in [1.54, 1.807) is 17.4 Å². The van der Waals surface area contributed by atoms with E-state index >= 15 is 0 Å². The summed E-state index contributed by atoms with van der Waals surface area (Å²) in [5, 5.41) is 12.9.